The normalized spacial score (nSPS) is 10.1. The Morgan fingerprint density at radius 1 is 1.56 bits per heavy atom. The maximum atomic E-state index is 10.7. The van der Waals surface area contributed by atoms with Crippen molar-refractivity contribution < 1.29 is 4.92 Å². The van der Waals surface area contributed by atoms with Crippen molar-refractivity contribution in [2.24, 2.45) is 0 Å². The number of nitrogens with one attached hydrogen (secondary N) is 1. The minimum absolute atomic E-state index is 0.0812. The fourth-order valence-corrected chi connectivity index (χ4v) is 1.68. The van der Waals surface area contributed by atoms with Gasteiger partial charge in [0, 0.05) is 44.4 Å². The van der Waals surface area contributed by atoms with Crippen LogP contribution < -0.4 is 5.32 Å². The Kier molecular flexibility index (Phi) is 5.08. The average molecular weight is 248 g/mol. The standard InChI is InChI=1S/C12H16N4O2/c1-14-12-5-4-11(16(17)18)8-10(12)9-15(2)7-3-6-13/h4-5,8,14H,3,7,9H2,1-2H3. The van der Waals surface area contributed by atoms with Crippen molar-refractivity contribution in [1.82, 2.24) is 4.90 Å². The summed E-state index contributed by atoms with van der Waals surface area (Å²) in [5.41, 5.74) is 1.80. The number of nitrogens with zero attached hydrogens (tertiary/aromatic N) is 3. The molecule has 0 aliphatic rings. The molecule has 0 spiro atoms. The molecule has 18 heavy (non-hydrogen) atoms. The molecule has 1 N–H and O–H groups in total. The van der Waals surface area contributed by atoms with Crippen molar-refractivity contribution in [3.8, 4) is 6.07 Å². The number of hydrogen-bond acceptors (Lipinski definition) is 5. The third kappa shape index (κ3) is 3.71. The van der Waals surface area contributed by atoms with Crippen LogP contribution >= 0.6 is 0 Å². The lowest BCUT2D eigenvalue weighted by Crippen LogP contribution is -2.19. The maximum Gasteiger partial charge on any atom is 0.269 e. The fraction of sp³-hybridized carbons (Fsp3) is 0.417. The molecule has 0 amide bonds. The molecule has 6 heteroatoms. The Morgan fingerprint density at radius 3 is 2.83 bits per heavy atom. The highest BCUT2D eigenvalue weighted by atomic mass is 16.6. The monoisotopic (exact) mass is 248 g/mol. The van der Waals surface area contributed by atoms with Gasteiger partial charge >= 0.3 is 0 Å². The van der Waals surface area contributed by atoms with E-state index in [0.717, 1.165) is 11.3 Å². The van der Waals surface area contributed by atoms with Gasteiger partial charge in [0.15, 0.2) is 0 Å². The van der Waals surface area contributed by atoms with Crippen LogP contribution in [0, 0.1) is 21.4 Å². The lowest BCUT2D eigenvalue weighted by Gasteiger charge is -2.17. The average Bonchev–Trinajstić information content (AvgIpc) is 2.36. The summed E-state index contributed by atoms with van der Waals surface area (Å²) in [5.74, 6) is 0. The van der Waals surface area contributed by atoms with Gasteiger partial charge in [-0.2, -0.15) is 5.26 Å². The molecule has 6 nitrogen and oxygen atoms in total. The van der Waals surface area contributed by atoms with Crippen LogP contribution in [0.4, 0.5) is 11.4 Å². The summed E-state index contributed by atoms with van der Waals surface area (Å²) < 4.78 is 0. The van der Waals surface area contributed by atoms with Crippen LogP contribution in [0.15, 0.2) is 18.2 Å². The highest BCUT2D eigenvalue weighted by Gasteiger charge is 2.11. The molecular weight excluding hydrogens is 232 g/mol. The number of non-ortho nitro benzene ring substituents is 1. The molecule has 0 atom stereocenters. The van der Waals surface area contributed by atoms with Gasteiger partial charge in [0.05, 0.1) is 11.0 Å². The van der Waals surface area contributed by atoms with Crippen molar-refractivity contribution in [3.63, 3.8) is 0 Å². The van der Waals surface area contributed by atoms with Gasteiger partial charge in [-0.05, 0) is 18.7 Å². The first-order valence-corrected chi connectivity index (χ1v) is 5.59. The highest BCUT2D eigenvalue weighted by Crippen LogP contribution is 2.22. The van der Waals surface area contributed by atoms with Crippen LogP contribution in [0.25, 0.3) is 0 Å². The van der Waals surface area contributed by atoms with E-state index in [1.54, 1.807) is 19.2 Å². The summed E-state index contributed by atoms with van der Waals surface area (Å²) in [6, 6.07) is 6.82. The first-order chi connectivity index (χ1) is 8.58. The van der Waals surface area contributed by atoms with Gasteiger partial charge < -0.3 is 10.2 Å². The number of rotatable bonds is 6. The first kappa shape index (κ1) is 13.9. The van der Waals surface area contributed by atoms with Gasteiger partial charge in [-0.1, -0.05) is 0 Å². The predicted molar refractivity (Wildman–Crippen MR) is 69.2 cm³/mol. The van der Waals surface area contributed by atoms with E-state index in [4.69, 9.17) is 5.26 Å². The topological polar surface area (TPSA) is 82.2 Å². The Bertz CT molecular complexity index is 468. The molecule has 0 fully saturated rings. The zero-order chi connectivity index (χ0) is 13.5. The molecule has 1 aromatic rings. The molecule has 0 bridgehead atoms. The molecule has 1 rings (SSSR count). The SMILES string of the molecule is CNc1ccc([N+](=O)[O-])cc1CN(C)CCC#N. The minimum atomic E-state index is -0.405. The van der Waals surface area contributed by atoms with Gasteiger partial charge in [0.2, 0.25) is 0 Å². The Labute approximate surface area is 106 Å². The van der Waals surface area contributed by atoms with E-state index in [-0.39, 0.29) is 5.69 Å². The second-order valence-corrected chi connectivity index (χ2v) is 3.99. The van der Waals surface area contributed by atoms with Crippen molar-refractivity contribution >= 4 is 11.4 Å². The molecule has 0 unspecified atom stereocenters. The van der Waals surface area contributed by atoms with Crippen molar-refractivity contribution in [3.05, 3.63) is 33.9 Å². The summed E-state index contributed by atoms with van der Waals surface area (Å²) >= 11 is 0. The van der Waals surface area contributed by atoms with Gasteiger partial charge in [-0.3, -0.25) is 10.1 Å². The van der Waals surface area contributed by atoms with E-state index in [2.05, 4.69) is 11.4 Å². The van der Waals surface area contributed by atoms with Crippen molar-refractivity contribution in [2.75, 3.05) is 26.0 Å². The van der Waals surface area contributed by atoms with Gasteiger partial charge in [-0.25, -0.2) is 0 Å². The van der Waals surface area contributed by atoms with E-state index >= 15 is 0 Å². The third-order valence-corrected chi connectivity index (χ3v) is 2.61. The molecule has 0 aliphatic heterocycles. The number of nitro groups is 1. The fourth-order valence-electron chi connectivity index (χ4n) is 1.68. The molecule has 0 aliphatic carbocycles. The Balaban J connectivity index is 2.88. The molecule has 0 saturated carbocycles. The van der Waals surface area contributed by atoms with Crippen LogP contribution in [0.3, 0.4) is 0 Å². The van der Waals surface area contributed by atoms with Crippen LogP contribution in [0.2, 0.25) is 0 Å². The summed E-state index contributed by atoms with van der Waals surface area (Å²) in [5, 5.41) is 22.3. The third-order valence-electron chi connectivity index (χ3n) is 2.61. The molecule has 0 radical (unpaired) electrons. The molecule has 1 aromatic carbocycles. The number of nitro benzene ring substituents is 1. The highest BCUT2D eigenvalue weighted by molar-refractivity contribution is 5.55. The largest absolute Gasteiger partial charge is 0.388 e. The summed E-state index contributed by atoms with van der Waals surface area (Å²) in [4.78, 5) is 12.3. The lowest BCUT2D eigenvalue weighted by molar-refractivity contribution is -0.384. The van der Waals surface area contributed by atoms with Crippen LogP contribution in [0.1, 0.15) is 12.0 Å². The van der Waals surface area contributed by atoms with E-state index in [9.17, 15) is 10.1 Å². The summed E-state index contributed by atoms with van der Waals surface area (Å²) in [6.45, 7) is 1.21. The minimum Gasteiger partial charge on any atom is -0.388 e. The van der Waals surface area contributed by atoms with E-state index in [0.29, 0.717) is 19.5 Å². The number of hydrogen-bond donors (Lipinski definition) is 1. The van der Waals surface area contributed by atoms with E-state index < -0.39 is 4.92 Å². The smallest absolute Gasteiger partial charge is 0.269 e. The van der Waals surface area contributed by atoms with Gasteiger partial charge in [0.25, 0.3) is 5.69 Å². The summed E-state index contributed by atoms with van der Waals surface area (Å²) in [6.07, 6.45) is 0.445. The Morgan fingerprint density at radius 2 is 2.28 bits per heavy atom. The predicted octanol–water partition coefficient (Wildman–Crippen LogP) is 1.98. The molecule has 0 aromatic heterocycles. The first-order valence-electron chi connectivity index (χ1n) is 5.59. The van der Waals surface area contributed by atoms with Crippen LogP contribution in [-0.2, 0) is 6.54 Å². The summed E-state index contributed by atoms with van der Waals surface area (Å²) in [7, 11) is 3.66. The van der Waals surface area contributed by atoms with Crippen molar-refractivity contribution in [2.45, 2.75) is 13.0 Å². The second kappa shape index (κ2) is 6.57. The zero-order valence-electron chi connectivity index (χ0n) is 10.5. The van der Waals surface area contributed by atoms with Gasteiger partial charge in [0.1, 0.15) is 0 Å². The molecule has 0 saturated heterocycles. The van der Waals surface area contributed by atoms with Crippen molar-refractivity contribution in [1.29, 1.82) is 5.26 Å². The number of nitriles is 1. The van der Waals surface area contributed by atoms with E-state index in [1.807, 2.05) is 11.9 Å². The quantitative estimate of drug-likeness (QED) is 0.615. The Hall–Kier alpha value is -2.13. The van der Waals surface area contributed by atoms with Gasteiger partial charge in [-0.15, -0.1) is 0 Å². The molecular formula is C12H16N4O2. The lowest BCUT2D eigenvalue weighted by atomic mass is 10.1. The maximum absolute atomic E-state index is 10.7. The van der Waals surface area contributed by atoms with Crippen LogP contribution in [0.5, 0.6) is 0 Å². The molecule has 0 heterocycles. The van der Waals surface area contributed by atoms with E-state index in [1.165, 1.54) is 6.07 Å². The zero-order valence-corrected chi connectivity index (χ0v) is 10.5. The second-order valence-electron chi connectivity index (χ2n) is 3.99. The number of anilines is 1. The molecule has 96 valence electrons. The van der Waals surface area contributed by atoms with Crippen LogP contribution in [-0.4, -0.2) is 30.5 Å². The number of benzene rings is 1.